The molecule has 1 atom stereocenters. The van der Waals surface area contributed by atoms with Crippen molar-refractivity contribution in [3.63, 3.8) is 0 Å². The van der Waals surface area contributed by atoms with Gasteiger partial charge in [0.1, 0.15) is 6.04 Å². The predicted octanol–water partition coefficient (Wildman–Crippen LogP) is 3.33. The number of hydrogen-bond donors (Lipinski definition) is 2. The number of unbranched alkanes of at least 4 members (excludes halogenated alkanes) is 5. The summed E-state index contributed by atoms with van der Waals surface area (Å²) in [6, 6.07) is 3.53. The number of anilines is 1. The summed E-state index contributed by atoms with van der Waals surface area (Å²) in [5, 5.41) is 4.91. The minimum Gasteiger partial charge on any atom is -0.379 e. The molecule has 0 aromatic heterocycles. The van der Waals surface area contributed by atoms with Gasteiger partial charge in [-0.05, 0) is 37.8 Å². The van der Waals surface area contributed by atoms with E-state index in [0.29, 0.717) is 132 Å². The first-order valence-electron chi connectivity index (χ1n) is 21.9. The SMILES string of the molecule is CCCCCCOCCOCCOCCOCCOCCOCCOCCOCCOCCOCCCCCC(=O)Nc1cccc2c1C(=O)N(C1CCC(=O)NC1=O)C2=O. The summed E-state index contributed by atoms with van der Waals surface area (Å²) in [7, 11) is 0. The lowest BCUT2D eigenvalue weighted by molar-refractivity contribution is -0.136. The Balaban J connectivity index is 0.995. The first-order chi connectivity index (χ1) is 29.9. The number of carbonyl (C=O) groups excluding carboxylic acids is 5. The molecule has 1 saturated heterocycles. The van der Waals surface area contributed by atoms with Crippen LogP contribution in [-0.2, 0) is 61.8 Å². The lowest BCUT2D eigenvalue weighted by Gasteiger charge is -2.27. The summed E-state index contributed by atoms with van der Waals surface area (Å²) in [5.74, 6) is -2.71. The molecule has 1 fully saturated rings. The third-order valence-corrected chi connectivity index (χ3v) is 9.43. The molecule has 18 nitrogen and oxygen atoms in total. The molecular formula is C43H69N3O15. The Bertz CT molecular complexity index is 1400. The Morgan fingerprint density at radius 3 is 1.43 bits per heavy atom. The van der Waals surface area contributed by atoms with Crippen molar-refractivity contribution in [2.75, 3.05) is 137 Å². The van der Waals surface area contributed by atoms with Crippen LogP contribution in [0.2, 0.25) is 0 Å². The van der Waals surface area contributed by atoms with Gasteiger partial charge in [-0.2, -0.15) is 0 Å². The standard InChI is InChI=1S/C43H69N3O15/c1-2-3-4-7-15-52-17-19-54-21-23-56-25-27-58-29-31-60-33-34-61-32-30-59-28-26-57-24-22-55-20-18-53-16-8-5-6-12-38(47)44-36-11-9-10-35-40(36)43(51)46(42(35)50)37-13-14-39(48)45-41(37)49/h9-11,37H,2-8,12-34H2,1H3,(H,44,47)(H,45,48,49). The highest BCUT2D eigenvalue weighted by molar-refractivity contribution is 6.26. The number of fused-ring (bicyclic) bond motifs is 1. The average molecular weight is 868 g/mol. The zero-order chi connectivity index (χ0) is 43.6. The van der Waals surface area contributed by atoms with Gasteiger partial charge in [0.15, 0.2) is 0 Å². The first-order valence-corrected chi connectivity index (χ1v) is 21.9. The van der Waals surface area contributed by atoms with Crippen molar-refractivity contribution in [2.24, 2.45) is 0 Å². The summed E-state index contributed by atoms with van der Waals surface area (Å²) in [6.07, 6.45) is 7.30. The summed E-state index contributed by atoms with van der Waals surface area (Å²) >= 11 is 0. The first kappa shape index (κ1) is 51.9. The van der Waals surface area contributed by atoms with E-state index in [1.54, 1.807) is 12.1 Å². The second kappa shape index (κ2) is 34.1. The van der Waals surface area contributed by atoms with Gasteiger partial charge >= 0.3 is 0 Å². The zero-order valence-corrected chi connectivity index (χ0v) is 36.1. The van der Waals surface area contributed by atoms with Crippen molar-refractivity contribution in [3.8, 4) is 0 Å². The maximum atomic E-state index is 13.2. The van der Waals surface area contributed by atoms with Crippen LogP contribution in [0.1, 0.15) is 91.8 Å². The van der Waals surface area contributed by atoms with Gasteiger partial charge in [0.25, 0.3) is 11.8 Å². The number of imide groups is 2. The molecule has 3 rings (SSSR count). The number of rotatable bonds is 40. The Hall–Kier alpha value is -3.43. The number of ether oxygens (including phenoxy) is 10. The number of carbonyl (C=O) groups is 5. The summed E-state index contributed by atoms with van der Waals surface area (Å²) < 4.78 is 55.1. The Kier molecular flexibility index (Phi) is 29.0. The smallest absolute Gasteiger partial charge is 0.264 e. The van der Waals surface area contributed by atoms with E-state index in [0.717, 1.165) is 30.8 Å². The quantitative estimate of drug-likeness (QED) is 0.0718. The summed E-state index contributed by atoms with van der Waals surface area (Å²) in [6.45, 7) is 12.5. The summed E-state index contributed by atoms with van der Waals surface area (Å²) in [5.41, 5.74) is 0.385. The molecule has 0 spiro atoms. The highest BCUT2D eigenvalue weighted by Gasteiger charge is 2.45. The molecule has 2 aliphatic rings. The Morgan fingerprint density at radius 2 is 1.00 bits per heavy atom. The number of nitrogens with one attached hydrogen (secondary N) is 2. The molecule has 5 amide bonds. The van der Waals surface area contributed by atoms with Crippen LogP contribution in [0.25, 0.3) is 0 Å². The number of piperidine rings is 1. The van der Waals surface area contributed by atoms with E-state index in [4.69, 9.17) is 47.4 Å². The maximum absolute atomic E-state index is 13.2. The van der Waals surface area contributed by atoms with Crippen LogP contribution in [0.3, 0.4) is 0 Å². The molecule has 2 heterocycles. The van der Waals surface area contributed by atoms with Gasteiger partial charge in [-0.1, -0.05) is 38.7 Å². The maximum Gasteiger partial charge on any atom is 0.264 e. The minimum absolute atomic E-state index is 0.0288. The van der Waals surface area contributed by atoms with Gasteiger partial charge in [0.05, 0.1) is 136 Å². The molecule has 2 aliphatic heterocycles. The van der Waals surface area contributed by atoms with Gasteiger partial charge < -0.3 is 52.7 Å². The van der Waals surface area contributed by atoms with E-state index in [9.17, 15) is 24.0 Å². The van der Waals surface area contributed by atoms with Crippen LogP contribution in [0.5, 0.6) is 0 Å². The molecule has 0 radical (unpaired) electrons. The van der Waals surface area contributed by atoms with Gasteiger partial charge in [0.2, 0.25) is 17.7 Å². The van der Waals surface area contributed by atoms with E-state index < -0.39 is 29.7 Å². The highest BCUT2D eigenvalue weighted by Crippen LogP contribution is 2.32. The molecule has 346 valence electrons. The molecule has 1 unspecified atom stereocenters. The number of amides is 5. The molecule has 0 saturated carbocycles. The minimum atomic E-state index is -1.07. The second-order valence-electron chi connectivity index (χ2n) is 14.2. The van der Waals surface area contributed by atoms with E-state index in [1.807, 2.05) is 0 Å². The van der Waals surface area contributed by atoms with Crippen LogP contribution in [-0.4, -0.2) is 173 Å². The number of hydrogen-bond acceptors (Lipinski definition) is 15. The third kappa shape index (κ3) is 22.5. The van der Waals surface area contributed by atoms with E-state index in [-0.39, 0.29) is 42.0 Å². The van der Waals surface area contributed by atoms with Crippen LogP contribution < -0.4 is 10.6 Å². The lowest BCUT2D eigenvalue weighted by atomic mass is 10.0. The fourth-order valence-corrected chi connectivity index (χ4v) is 6.21. The highest BCUT2D eigenvalue weighted by atomic mass is 16.6. The molecular weight excluding hydrogens is 798 g/mol. The second-order valence-corrected chi connectivity index (χ2v) is 14.2. The van der Waals surface area contributed by atoms with Crippen molar-refractivity contribution in [3.05, 3.63) is 29.3 Å². The number of benzene rings is 1. The summed E-state index contributed by atoms with van der Waals surface area (Å²) in [4.78, 5) is 63.6. The Labute approximate surface area is 360 Å². The van der Waals surface area contributed by atoms with Crippen molar-refractivity contribution in [1.29, 1.82) is 0 Å². The molecule has 61 heavy (non-hydrogen) atoms. The molecule has 0 bridgehead atoms. The predicted molar refractivity (Wildman–Crippen MR) is 223 cm³/mol. The monoisotopic (exact) mass is 867 g/mol. The zero-order valence-electron chi connectivity index (χ0n) is 36.1. The fourth-order valence-electron chi connectivity index (χ4n) is 6.21. The largest absolute Gasteiger partial charge is 0.379 e. The van der Waals surface area contributed by atoms with Gasteiger partial charge in [0, 0.05) is 26.1 Å². The van der Waals surface area contributed by atoms with Crippen LogP contribution in [0.4, 0.5) is 5.69 Å². The number of nitrogens with zero attached hydrogens (tertiary/aromatic N) is 1. The van der Waals surface area contributed by atoms with E-state index in [1.165, 1.54) is 25.3 Å². The van der Waals surface area contributed by atoms with Crippen molar-refractivity contribution >= 4 is 35.2 Å². The molecule has 2 N–H and O–H groups in total. The van der Waals surface area contributed by atoms with Gasteiger partial charge in [-0.3, -0.25) is 34.2 Å². The van der Waals surface area contributed by atoms with Gasteiger partial charge in [-0.15, -0.1) is 0 Å². The van der Waals surface area contributed by atoms with Crippen LogP contribution in [0, 0.1) is 0 Å². The van der Waals surface area contributed by atoms with Crippen LogP contribution in [0.15, 0.2) is 18.2 Å². The fraction of sp³-hybridized carbons (Fsp3) is 0.744. The Morgan fingerprint density at radius 1 is 0.574 bits per heavy atom. The normalized spacial score (nSPS) is 15.2. The molecule has 1 aromatic carbocycles. The van der Waals surface area contributed by atoms with Crippen molar-refractivity contribution in [1.82, 2.24) is 10.2 Å². The topological polar surface area (TPSA) is 205 Å². The van der Waals surface area contributed by atoms with E-state index >= 15 is 0 Å². The molecule has 1 aromatic rings. The average Bonchev–Trinajstić information content (AvgIpc) is 3.50. The third-order valence-electron chi connectivity index (χ3n) is 9.43. The van der Waals surface area contributed by atoms with Crippen molar-refractivity contribution < 1.29 is 71.3 Å². The molecule has 18 heteroatoms. The van der Waals surface area contributed by atoms with Gasteiger partial charge in [-0.25, -0.2) is 0 Å². The molecule has 0 aliphatic carbocycles. The van der Waals surface area contributed by atoms with Crippen molar-refractivity contribution in [2.45, 2.75) is 77.2 Å². The van der Waals surface area contributed by atoms with Crippen LogP contribution >= 0.6 is 0 Å². The lowest BCUT2D eigenvalue weighted by Crippen LogP contribution is -2.54. The van der Waals surface area contributed by atoms with E-state index in [2.05, 4.69) is 17.6 Å².